The lowest BCUT2D eigenvalue weighted by atomic mass is 10.2. The number of nitrogens with zero attached hydrogens (tertiary/aromatic N) is 3. The first-order chi connectivity index (χ1) is 12.4. The van der Waals surface area contributed by atoms with Crippen molar-refractivity contribution in [1.82, 2.24) is 10.2 Å². The number of thioether (sulfide) groups is 1. The van der Waals surface area contributed by atoms with Gasteiger partial charge >= 0.3 is 0 Å². The predicted molar refractivity (Wildman–Crippen MR) is 103 cm³/mol. The lowest BCUT2D eigenvalue weighted by Crippen LogP contribution is -2.49. The average molecular weight is 415 g/mol. The van der Waals surface area contributed by atoms with Crippen LogP contribution >= 0.6 is 23.1 Å². The second kappa shape index (κ2) is 7.80. The van der Waals surface area contributed by atoms with Gasteiger partial charge in [-0.05, 0) is 24.8 Å². The predicted octanol–water partition coefficient (Wildman–Crippen LogP) is 2.21. The monoisotopic (exact) mass is 414 g/mol. The number of nitrogens with one attached hydrogen (secondary N) is 1. The van der Waals surface area contributed by atoms with E-state index in [4.69, 9.17) is 4.74 Å². The van der Waals surface area contributed by atoms with Crippen LogP contribution in [0.5, 0.6) is 5.75 Å². The zero-order valence-electron chi connectivity index (χ0n) is 14.2. The first kappa shape index (κ1) is 18.9. The number of ether oxygens (including phenoxy) is 1. The number of rotatable bonds is 6. The molecule has 3 rings (SSSR count). The van der Waals surface area contributed by atoms with Crippen LogP contribution in [0.15, 0.2) is 28.6 Å². The van der Waals surface area contributed by atoms with Crippen LogP contribution in [0.1, 0.15) is 13.8 Å². The Balaban J connectivity index is 1.81. The fourth-order valence-electron chi connectivity index (χ4n) is 2.39. The molecule has 2 heterocycles. The van der Waals surface area contributed by atoms with Crippen molar-refractivity contribution in [3.8, 4) is 5.75 Å². The number of amides is 1. The second-order valence-corrected chi connectivity index (χ2v) is 9.97. The molecular weight excluding hydrogens is 396 g/mol. The molecular formula is C15H18N4O4S3. The van der Waals surface area contributed by atoms with Crippen molar-refractivity contribution in [2.75, 3.05) is 27.7 Å². The zero-order chi connectivity index (χ0) is 18.7. The third-order valence-electron chi connectivity index (χ3n) is 3.63. The Labute approximate surface area is 160 Å². The highest BCUT2D eigenvalue weighted by molar-refractivity contribution is 8.01. The molecule has 0 radical (unpaired) electrons. The van der Waals surface area contributed by atoms with E-state index in [-0.39, 0.29) is 12.3 Å². The molecule has 11 heteroatoms. The summed E-state index contributed by atoms with van der Waals surface area (Å²) in [6, 6.07) is 6.77. The minimum absolute atomic E-state index is 0.0658. The van der Waals surface area contributed by atoms with Crippen LogP contribution in [-0.2, 0) is 14.8 Å². The number of carbonyl (C=O) groups is 1. The molecule has 2 aromatic rings. The summed E-state index contributed by atoms with van der Waals surface area (Å²) in [5.41, 5.74) is 0.441. The Kier molecular flexibility index (Phi) is 5.68. The summed E-state index contributed by atoms with van der Waals surface area (Å²) in [6.07, 6.45) is -0.975. The molecule has 0 saturated carbocycles. The Morgan fingerprint density at radius 1 is 1.38 bits per heavy atom. The van der Waals surface area contributed by atoms with Crippen molar-refractivity contribution in [3.05, 3.63) is 24.3 Å². The lowest BCUT2D eigenvalue weighted by Gasteiger charge is -2.34. The molecule has 0 saturated heterocycles. The summed E-state index contributed by atoms with van der Waals surface area (Å²) in [4.78, 5) is 12.6. The van der Waals surface area contributed by atoms with Crippen LogP contribution < -0.4 is 14.4 Å². The number of aromatic nitrogens is 2. The molecule has 1 aromatic heterocycles. The van der Waals surface area contributed by atoms with Crippen molar-refractivity contribution in [1.29, 1.82) is 0 Å². The van der Waals surface area contributed by atoms with Crippen LogP contribution in [0, 0.1) is 0 Å². The highest BCUT2D eigenvalue weighted by Gasteiger charge is 2.36. The smallest absolute Gasteiger partial charge is 0.269 e. The number of benzene rings is 1. The van der Waals surface area contributed by atoms with E-state index in [1.165, 1.54) is 27.4 Å². The number of fused-ring (bicyclic) bond motifs is 1. The van der Waals surface area contributed by atoms with Gasteiger partial charge in [-0.15, -0.1) is 10.2 Å². The molecule has 0 spiro atoms. The maximum absolute atomic E-state index is 12.6. The number of anilines is 2. The van der Waals surface area contributed by atoms with Gasteiger partial charge in [0.25, 0.3) is 5.91 Å². The van der Waals surface area contributed by atoms with Crippen molar-refractivity contribution in [3.63, 3.8) is 0 Å². The van der Waals surface area contributed by atoms with Crippen LogP contribution in [0.25, 0.3) is 0 Å². The molecule has 26 heavy (non-hydrogen) atoms. The first-order valence-electron chi connectivity index (χ1n) is 7.98. The lowest BCUT2D eigenvalue weighted by molar-refractivity contribution is -0.122. The average Bonchev–Trinajstić information content (AvgIpc) is 3.08. The highest BCUT2D eigenvalue weighted by Crippen LogP contribution is 2.35. The van der Waals surface area contributed by atoms with Crippen molar-refractivity contribution < 1.29 is 17.9 Å². The van der Waals surface area contributed by atoms with Crippen molar-refractivity contribution in [2.45, 2.75) is 24.3 Å². The number of hydrogen-bond donors (Lipinski definition) is 1. The maximum atomic E-state index is 12.6. The van der Waals surface area contributed by atoms with Crippen LogP contribution in [-0.4, -0.2) is 48.7 Å². The van der Waals surface area contributed by atoms with E-state index in [9.17, 15) is 13.2 Å². The minimum atomic E-state index is -3.53. The summed E-state index contributed by atoms with van der Waals surface area (Å²) in [6.45, 7) is 3.48. The summed E-state index contributed by atoms with van der Waals surface area (Å²) in [7, 11) is -3.53. The summed E-state index contributed by atoms with van der Waals surface area (Å²) < 4.78 is 32.6. The Bertz CT molecular complexity index is 900. The maximum Gasteiger partial charge on any atom is 0.269 e. The van der Waals surface area contributed by atoms with Gasteiger partial charge in [0.05, 0.1) is 18.0 Å². The fraction of sp³-hybridized carbons (Fsp3) is 0.400. The molecule has 0 aliphatic carbocycles. The van der Waals surface area contributed by atoms with Crippen molar-refractivity contribution in [2.24, 2.45) is 0 Å². The molecule has 1 N–H and O–H groups in total. The Hall–Kier alpha value is -1.85. The molecule has 1 aliphatic heterocycles. The molecule has 0 bridgehead atoms. The van der Waals surface area contributed by atoms with Gasteiger partial charge in [-0.3, -0.25) is 14.4 Å². The molecule has 1 aromatic carbocycles. The number of hydrogen-bond acceptors (Lipinski definition) is 8. The molecule has 8 nitrogen and oxygen atoms in total. The van der Waals surface area contributed by atoms with Gasteiger partial charge in [0.15, 0.2) is 10.4 Å². The Morgan fingerprint density at radius 3 is 2.88 bits per heavy atom. The SMILES string of the molecule is CCSc1nnc(NC(=O)[C@H]2CN(S(=O)(=O)CC)c3ccccc3O2)s1. The van der Waals surface area contributed by atoms with Gasteiger partial charge in [0.1, 0.15) is 5.75 Å². The van der Waals surface area contributed by atoms with E-state index in [1.54, 1.807) is 31.2 Å². The normalized spacial score (nSPS) is 16.7. The Morgan fingerprint density at radius 2 is 2.15 bits per heavy atom. The second-order valence-electron chi connectivity index (χ2n) is 5.30. The van der Waals surface area contributed by atoms with E-state index in [1.807, 2.05) is 6.92 Å². The summed E-state index contributed by atoms with van der Waals surface area (Å²) in [5, 5.41) is 10.9. The van der Waals surface area contributed by atoms with Gasteiger partial charge in [0.2, 0.25) is 15.2 Å². The molecule has 0 fully saturated rings. The van der Waals surface area contributed by atoms with E-state index in [2.05, 4.69) is 15.5 Å². The van der Waals surface area contributed by atoms with E-state index in [0.717, 1.165) is 10.1 Å². The summed E-state index contributed by atoms with van der Waals surface area (Å²) in [5.74, 6) is 0.689. The first-order valence-corrected chi connectivity index (χ1v) is 11.4. The summed E-state index contributed by atoms with van der Waals surface area (Å²) >= 11 is 2.80. The topological polar surface area (TPSA) is 101 Å². The number of carbonyl (C=O) groups excluding carboxylic acids is 1. The van der Waals surface area contributed by atoms with Gasteiger partial charge in [-0.25, -0.2) is 8.42 Å². The molecule has 1 atom stereocenters. The van der Waals surface area contributed by atoms with Crippen LogP contribution in [0.4, 0.5) is 10.8 Å². The van der Waals surface area contributed by atoms with Gasteiger partial charge in [-0.1, -0.05) is 42.2 Å². The molecule has 140 valence electrons. The van der Waals surface area contributed by atoms with Crippen LogP contribution in [0.2, 0.25) is 0 Å². The van der Waals surface area contributed by atoms with Crippen molar-refractivity contribution >= 4 is 49.8 Å². The van der Waals surface area contributed by atoms with E-state index < -0.39 is 22.0 Å². The third kappa shape index (κ3) is 3.94. The van der Waals surface area contributed by atoms with E-state index in [0.29, 0.717) is 16.6 Å². The quantitative estimate of drug-likeness (QED) is 0.571. The largest absolute Gasteiger partial charge is 0.476 e. The van der Waals surface area contributed by atoms with Gasteiger partial charge in [0, 0.05) is 0 Å². The number of para-hydroxylation sites is 2. The highest BCUT2D eigenvalue weighted by atomic mass is 32.2. The zero-order valence-corrected chi connectivity index (χ0v) is 16.7. The number of sulfonamides is 1. The molecule has 1 aliphatic rings. The third-order valence-corrected chi connectivity index (χ3v) is 7.23. The fourth-order valence-corrected chi connectivity index (χ4v) is 5.16. The molecule has 1 amide bonds. The van der Waals surface area contributed by atoms with Gasteiger partial charge in [-0.2, -0.15) is 0 Å². The van der Waals surface area contributed by atoms with Gasteiger partial charge < -0.3 is 4.74 Å². The molecule has 0 unspecified atom stereocenters. The van der Waals surface area contributed by atoms with E-state index >= 15 is 0 Å². The van der Waals surface area contributed by atoms with Crippen LogP contribution in [0.3, 0.4) is 0 Å². The minimum Gasteiger partial charge on any atom is -0.476 e. The standard InChI is InChI=1S/C15H18N4O4S3/c1-3-24-15-18-17-14(25-15)16-13(20)12-9-19(26(21,22)4-2)10-7-5-6-8-11(10)23-12/h5-8,12H,3-4,9H2,1-2H3,(H,16,17,20)/t12-/m1/s1.